The van der Waals surface area contributed by atoms with Crippen molar-refractivity contribution >= 4 is 6.09 Å². The lowest BCUT2D eigenvalue weighted by Crippen LogP contribution is -2.58. The largest absolute Gasteiger partial charge is 0.490 e. The van der Waals surface area contributed by atoms with Gasteiger partial charge in [0.05, 0.1) is 18.8 Å². The first-order chi connectivity index (χ1) is 16.4. The highest BCUT2D eigenvalue weighted by atomic mass is 19.1. The van der Waals surface area contributed by atoms with Gasteiger partial charge in [0, 0.05) is 6.07 Å². The minimum atomic E-state index is -0.893. The molecule has 1 amide bonds. The Hall–Kier alpha value is -2.84. The van der Waals surface area contributed by atoms with E-state index in [2.05, 4.69) is 0 Å². The highest BCUT2D eigenvalue weighted by Gasteiger charge is 2.55. The van der Waals surface area contributed by atoms with Crippen LogP contribution in [-0.2, 0) is 15.9 Å². The number of halogens is 1. The van der Waals surface area contributed by atoms with Crippen molar-refractivity contribution in [3.05, 3.63) is 59.9 Å². The van der Waals surface area contributed by atoms with Crippen molar-refractivity contribution in [3.63, 3.8) is 0 Å². The zero-order chi connectivity index (χ0) is 25.7. The summed E-state index contributed by atoms with van der Waals surface area (Å²) in [6, 6.07) is 13.6. The molecule has 1 aliphatic heterocycles. The van der Waals surface area contributed by atoms with Crippen molar-refractivity contribution in [3.8, 4) is 11.5 Å². The van der Waals surface area contributed by atoms with E-state index < -0.39 is 23.0 Å². The Morgan fingerprint density at radius 2 is 1.74 bits per heavy atom. The molecule has 1 fully saturated rings. The third-order valence-electron chi connectivity index (χ3n) is 5.80. The van der Waals surface area contributed by atoms with Gasteiger partial charge in [0.2, 0.25) is 0 Å². The van der Waals surface area contributed by atoms with Crippen LogP contribution >= 0.6 is 0 Å². The van der Waals surface area contributed by atoms with Gasteiger partial charge < -0.3 is 24.1 Å². The summed E-state index contributed by atoms with van der Waals surface area (Å²) in [7, 11) is 0. The molecule has 0 bridgehead atoms. The van der Waals surface area contributed by atoms with Crippen LogP contribution in [0.25, 0.3) is 0 Å². The van der Waals surface area contributed by atoms with Gasteiger partial charge in [-0.1, -0.05) is 18.2 Å². The quantitative estimate of drug-likeness (QED) is 0.502. The molecular formula is C27H36FNO6. The van der Waals surface area contributed by atoms with Crippen LogP contribution < -0.4 is 9.47 Å². The molecule has 1 aliphatic rings. The molecule has 1 unspecified atom stereocenters. The summed E-state index contributed by atoms with van der Waals surface area (Å²) < 4.78 is 35.9. The Morgan fingerprint density at radius 1 is 1.09 bits per heavy atom. The number of carbonyl (C=O) groups excluding carboxylic acids is 1. The van der Waals surface area contributed by atoms with Crippen LogP contribution in [0.4, 0.5) is 9.18 Å². The van der Waals surface area contributed by atoms with Crippen LogP contribution in [0.2, 0.25) is 0 Å². The van der Waals surface area contributed by atoms with E-state index in [1.807, 2.05) is 45.0 Å². The van der Waals surface area contributed by atoms with E-state index in [0.29, 0.717) is 37.6 Å². The lowest BCUT2D eigenvalue weighted by molar-refractivity contribution is -0.0740. The minimum Gasteiger partial charge on any atom is -0.490 e. The maximum absolute atomic E-state index is 13.2. The number of hydrogen-bond donors (Lipinski definition) is 1. The topological polar surface area (TPSA) is 77.5 Å². The number of nitrogens with zero attached hydrogens (tertiary/aromatic N) is 1. The second-order valence-electron chi connectivity index (χ2n) is 10.2. The average Bonchev–Trinajstić information content (AvgIpc) is 3.06. The molecule has 2 aromatic rings. The molecule has 2 aromatic carbocycles. The van der Waals surface area contributed by atoms with E-state index in [9.17, 15) is 14.3 Å². The van der Waals surface area contributed by atoms with Crippen molar-refractivity contribution in [1.82, 2.24) is 4.90 Å². The van der Waals surface area contributed by atoms with Gasteiger partial charge in [-0.25, -0.2) is 9.18 Å². The number of aliphatic hydroxyl groups excluding tert-OH is 1. The molecule has 0 aliphatic carbocycles. The van der Waals surface area contributed by atoms with Crippen LogP contribution in [0.15, 0.2) is 48.5 Å². The molecule has 1 N–H and O–H groups in total. The second kappa shape index (κ2) is 10.8. The molecule has 1 saturated heterocycles. The highest BCUT2D eigenvalue weighted by molar-refractivity contribution is 5.70. The molecule has 0 aromatic heterocycles. The predicted octanol–water partition coefficient (Wildman–Crippen LogP) is 4.95. The maximum atomic E-state index is 13.2. The molecule has 7 nitrogen and oxygen atoms in total. The van der Waals surface area contributed by atoms with Gasteiger partial charge in [0.25, 0.3) is 0 Å². The zero-order valence-corrected chi connectivity index (χ0v) is 21.2. The monoisotopic (exact) mass is 489 g/mol. The highest BCUT2D eigenvalue weighted by Crippen LogP contribution is 2.39. The third-order valence-corrected chi connectivity index (χ3v) is 5.80. The van der Waals surface area contributed by atoms with Crippen LogP contribution in [0.1, 0.15) is 46.6 Å². The maximum Gasteiger partial charge on any atom is 0.413 e. The van der Waals surface area contributed by atoms with Crippen molar-refractivity contribution in [2.24, 2.45) is 0 Å². The van der Waals surface area contributed by atoms with Gasteiger partial charge >= 0.3 is 6.09 Å². The summed E-state index contributed by atoms with van der Waals surface area (Å²) in [6.07, 6.45) is 0.633. The van der Waals surface area contributed by atoms with Crippen LogP contribution in [-0.4, -0.2) is 59.4 Å². The molecule has 1 heterocycles. The van der Waals surface area contributed by atoms with Crippen LogP contribution in [0.5, 0.6) is 11.5 Å². The normalized spacial score (nSPS) is 19.5. The molecular weight excluding hydrogens is 453 g/mol. The van der Waals surface area contributed by atoms with Crippen molar-refractivity contribution in [2.75, 3.05) is 26.4 Å². The Kier molecular flexibility index (Phi) is 8.28. The van der Waals surface area contributed by atoms with E-state index in [1.54, 1.807) is 30.9 Å². The van der Waals surface area contributed by atoms with Crippen LogP contribution in [0.3, 0.4) is 0 Å². The first-order valence-electron chi connectivity index (χ1n) is 11.8. The average molecular weight is 490 g/mol. The van der Waals surface area contributed by atoms with E-state index in [4.69, 9.17) is 18.9 Å². The molecule has 0 radical (unpaired) electrons. The van der Waals surface area contributed by atoms with Gasteiger partial charge in [-0.3, -0.25) is 4.90 Å². The van der Waals surface area contributed by atoms with Crippen molar-refractivity contribution in [1.29, 1.82) is 0 Å². The van der Waals surface area contributed by atoms with Gasteiger partial charge in [0.1, 0.15) is 41.9 Å². The van der Waals surface area contributed by atoms with Crippen molar-refractivity contribution in [2.45, 2.75) is 64.3 Å². The summed E-state index contributed by atoms with van der Waals surface area (Å²) in [5, 5.41) is 10.3. The van der Waals surface area contributed by atoms with Gasteiger partial charge in [-0.15, -0.1) is 0 Å². The van der Waals surface area contributed by atoms with Crippen molar-refractivity contribution < 1.29 is 33.2 Å². The van der Waals surface area contributed by atoms with E-state index in [1.165, 1.54) is 12.1 Å². The molecule has 35 heavy (non-hydrogen) atoms. The number of hydrogen-bond acceptors (Lipinski definition) is 6. The fraction of sp³-hybridized carbons (Fsp3) is 0.519. The summed E-state index contributed by atoms with van der Waals surface area (Å²) >= 11 is 0. The summed E-state index contributed by atoms with van der Waals surface area (Å²) in [4.78, 5) is 14.5. The first-order valence-corrected chi connectivity index (χ1v) is 11.8. The third kappa shape index (κ3) is 7.08. The SMILES string of the molecule is CC(C)(C)OC(=O)N1C(CO)(CCc2ccc(OCCOc3cccc(F)c3)cc2)COC1(C)C. The van der Waals surface area contributed by atoms with E-state index in [-0.39, 0.29) is 19.0 Å². The fourth-order valence-electron chi connectivity index (χ4n) is 4.12. The fourth-order valence-corrected chi connectivity index (χ4v) is 4.12. The first kappa shape index (κ1) is 26.8. The molecule has 0 saturated carbocycles. The number of aliphatic hydroxyl groups is 1. The number of carbonyl (C=O) groups is 1. The Bertz CT molecular complexity index is 988. The molecule has 8 heteroatoms. The van der Waals surface area contributed by atoms with Gasteiger partial charge in [0.15, 0.2) is 0 Å². The molecule has 3 rings (SSSR count). The van der Waals surface area contributed by atoms with Gasteiger partial charge in [-0.2, -0.15) is 0 Å². The Morgan fingerprint density at radius 3 is 2.34 bits per heavy atom. The Labute approximate surface area is 206 Å². The molecule has 1 atom stereocenters. The zero-order valence-electron chi connectivity index (χ0n) is 21.2. The summed E-state index contributed by atoms with van der Waals surface area (Å²) in [6.45, 7) is 9.65. The number of rotatable bonds is 9. The molecule has 192 valence electrons. The Balaban J connectivity index is 1.56. The number of ether oxygens (including phenoxy) is 4. The summed E-state index contributed by atoms with van der Waals surface area (Å²) in [5.74, 6) is 0.805. The van der Waals surface area contributed by atoms with E-state index in [0.717, 1.165) is 5.56 Å². The number of benzene rings is 2. The lowest BCUT2D eigenvalue weighted by Gasteiger charge is -2.41. The summed E-state index contributed by atoms with van der Waals surface area (Å²) in [5.41, 5.74) is -1.39. The number of amides is 1. The second-order valence-corrected chi connectivity index (χ2v) is 10.2. The number of aryl methyl sites for hydroxylation is 1. The predicted molar refractivity (Wildman–Crippen MR) is 130 cm³/mol. The standard InChI is InChI=1S/C27H36FNO6/c1-25(2,3)35-24(31)29-26(4,5)34-19-27(29,18-30)14-13-20-9-11-22(12-10-20)32-15-16-33-23-8-6-7-21(28)17-23/h6-12,17,30H,13-16,18-19H2,1-5H3. The van der Waals surface area contributed by atoms with Gasteiger partial charge in [-0.05, 0) is 77.3 Å². The smallest absolute Gasteiger partial charge is 0.413 e. The van der Waals surface area contributed by atoms with E-state index >= 15 is 0 Å². The minimum absolute atomic E-state index is 0.224. The lowest BCUT2D eigenvalue weighted by atomic mass is 9.91. The molecule has 0 spiro atoms. The van der Waals surface area contributed by atoms with Crippen LogP contribution in [0, 0.1) is 5.82 Å².